The molecule has 0 saturated heterocycles. The highest BCUT2D eigenvalue weighted by molar-refractivity contribution is 7.16. The fourth-order valence-electron chi connectivity index (χ4n) is 2.45. The molecule has 7 heteroatoms. The molecule has 0 aliphatic heterocycles. The maximum atomic E-state index is 12.3. The Labute approximate surface area is 161 Å². The normalized spacial score (nSPS) is 10.4. The Bertz CT molecular complexity index is 934. The van der Waals surface area contributed by atoms with Gasteiger partial charge < -0.3 is 15.8 Å². The van der Waals surface area contributed by atoms with E-state index in [0.717, 1.165) is 21.6 Å². The van der Waals surface area contributed by atoms with Crippen molar-refractivity contribution in [1.29, 1.82) is 0 Å². The molecule has 6 nitrogen and oxygen atoms in total. The number of esters is 1. The van der Waals surface area contributed by atoms with Gasteiger partial charge in [-0.3, -0.25) is 4.79 Å². The van der Waals surface area contributed by atoms with E-state index in [1.165, 1.54) is 18.4 Å². The summed E-state index contributed by atoms with van der Waals surface area (Å²) in [5, 5.41) is 3.24. The van der Waals surface area contributed by atoms with Gasteiger partial charge in [0.2, 0.25) is 0 Å². The van der Waals surface area contributed by atoms with Crippen LogP contribution in [0.1, 0.15) is 31.3 Å². The van der Waals surface area contributed by atoms with Crippen LogP contribution in [0.2, 0.25) is 0 Å². The number of nitrogens with zero attached hydrogens (tertiary/aromatic N) is 1. The molecule has 0 radical (unpaired) electrons. The number of methoxy groups -OCH3 is 1. The highest BCUT2D eigenvalue weighted by atomic mass is 32.1. The third-order valence-electron chi connectivity index (χ3n) is 4.00. The summed E-state index contributed by atoms with van der Waals surface area (Å²) in [4.78, 5) is 28.9. The molecule has 3 N–H and O–H groups in total. The van der Waals surface area contributed by atoms with Crippen molar-refractivity contribution >= 4 is 23.2 Å². The zero-order valence-corrected chi connectivity index (χ0v) is 15.6. The number of ether oxygens (including phenoxy) is 1. The van der Waals surface area contributed by atoms with Gasteiger partial charge in [0.05, 0.1) is 17.6 Å². The van der Waals surface area contributed by atoms with Crippen LogP contribution in [-0.4, -0.2) is 24.0 Å². The van der Waals surface area contributed by atoms with Crippen LogP contribution in [0.5, 0.6) is 0 Å². The molecule has 2 aromatic carbocycles. The standard InChI is InChI=1S/C20H19N3O3S/c1-26-20(25)16-8-4-14(5-9-16)11-22-18(24)19-23-12-17(27-19)15-6-2-13(10-21)3-7-15/h2-9,12H,10-11,21H2,1H3,(H,22,24). The summed E-state index contributed by atoms with van der Waals surface area (Å²) in [7, 11) is 1.34. The van der Waals surface area contributed by atoms with Crippen LogP contribution in [0.3, 0.4) is 0 Å². The fraction of sp³-hybridized carbons (Fsp3) is 0.150. The summed E-state index contributed by atoms with van der Waals surface area (Å²) in [6, 6.07) is 14.8. The van der Waals surface area contributed by atoms with Crippen molar-refractivity contribution in [2.45, 2.75) is 13.1 Å². The molecule has 0 spiro atoms. The lowest BCUT2D eigenvalue weighted by Gasteiger charge is -2.04. The van der Waals surface area contributed by atoms with Crippen molar-refractivity contribution in [3.05, 3.63) is 76.4 Å². The monoisotopic (exact) mass is 381 g/mol. The van der Waals surface area contributed by atoms with Gasteiger partial charge in [0.15, 0.2) is 5.01 Å². The van der Waals surface area contributed by atoms with E-state index in [2.05, 4.69) is 15.0 Å². The van der Waals surface area contributed by atoms with Gasteiger partial charge in [-0.25, -0.2) is 9.78 Å². The van der Waals surface area contributed by atoms with Crippen molar-refractivity contribution in [1.82, 2.24) is 10.3 Å². The molecule has 0 atom stereocenters. The van der Waals surface area contributed by atoms with E-state index in [-0.39, 0.29) is 11.9 Å². The van der Waals surface area contributed by atoms with Gasteiger partial charge in [-0.15, -0.1) is 11.3 Å². The number of benzene rings is 2. The van der Waals surface area contributed by atoms with Gasteiger partial charge in [0.25, 0.3) is 5.91 Å². The maximum Gasteiger partial charge on any atom is 0.337 e. The quantitative estimate of drug-likeness (QED) is 0.640. The van der Waals surface area contributed by atoms with Crippen molar-refractivity contribution < 1.29 is 14.3 Å². The van der Waals surface area contributed by atoms with E-state index in [0.29, 0.717) is 23.7 Å². The number of nitrogens with one attached hydrogen (secondary N) is 1. The van der Waals surface area contributed by atoms with Crippen LogP contribution in [0.15, 0.2) is 54.7 Å². The average Bonchev–Trinajstić information content (AvgIpc) is 3.22. The molecule has 138 valence electrons. The highest BCUT2D eigenvalue weighted by Gasteiger charge is 2.12. The highest BCUT2D eigenvalue weighted by Crippen LogP contribution is 2.26. The van der Waals surface area contributed by atoms with E-state index >= 15 is 0 Å². The molecular formula is C20H19N3O3S. The molecular weight excluding hydrogens is 362 g/mol. The fourth-order valence-corrected chi connectivity index (χ4v) is 3.29. The number of hydrogen-bond acceptors (Lipinski definition) is 6. The Morgan fingerprint density at radius 1 is 1.07 bits per heavy atom. The van der Waals surface area contributed by atoms with E-state index in [4.69, 9.17) is 5.73 Å². The number of nitrogens with two attached hydrogens (primary N) is 1. The summed E-state index contributed by atoms with van der Waals surface area (Å²) in [5.41, 5.74) is 9.02. The minimum atomic E-state index is -0.389. The van der Waals surface area contributed by atoms with Crippen molar-refractivity contribution in [2.24, 2.45) is 5.73 Å². The van der Waals surface area contributed by atoms with Gasteiger partial charge in [0.1, 0.15) is 0 Å². The maximum absolute atomic E-state index is 12.3. The third kappa shape index (κ3) is 4.58. The number of carbonyl (C=O) groups is 2. The number of hydrogen-bond donors (Lipinski definition) is 2. The van der Waals surface area contributed by atoms with E-state index in [1.54, 1.807) is 30.5 Å². The summed E-state index contributed by atoms with van der Waals surface area (Å²) < 4.78 is 4.66. The number of amides is 1. The smallest absolute Gasteiger partial charge is 0.337 e. The largest absolute Gasteiger partial charge is 0.465 e. The Balaban J connectivity index is 1.61. The molecule has 1 amide bonds. The number of carbonyl (C=O) groups excluding carboxylic acids is 2. The van der Waals surface area contributed by atoms with Crippen LogP contribution >= 0.6 is 11.3 Å². The molecule has 3 aromatic rings. The minimum Gasteiger partial charge on any atom is -0.465 e. The Hall–Kier alpha value is -3.03. The summed E-state index contributed by atoms with van der Waals surface area (Å²) in [6.45, 7) is 0.845. The minimum absolute atomic E-state index is 0.234. The second-order valence-electron chi connectivity index (χ2n) is 5.80. The molecule has 0 fully saturated rings. The van der Waals surface area contributed by atoms with Gasteiger partial charge >= 0.3 is 5.97 Å². The van der Waals surface area contributed by atoms with Gasteiger partial charge in [-0.1, -0.05) is 36.4 Å². The van der Waals surface area contributed by atoms with Crippen molar-refractivity contribution in [3.8, 4) is 10.4 Å². The second kappa shape index (κ2) is 8.57. The third-order valence-corrected chi connectivity index (χ3v) is 5.05. The topological polar surface area (TPSA) is 94.3 Å². The zero-order valence-electron chi connectivity index (χ0n) is 14.8. The van der Waals surface area contributed by atoms with Crippen molar-refractivity contribution in [3.63, 3.8) is 0 Å². The number of thiazole rings is 1. The van der Waals surface area contributed by atoms with Gasteiger partial charge in [0, 0.05) is 19.3 Å². The zero-order chi connectivity index (χ0) is 19.2. The molecule has 1 aromatic heterocycles. The first-order valence-electron chi connectivity index (χ1n) is 8.31. The number of aromatic nitrogens is 1. The average molecular weight is 381 g/mol. The molecule has 0 saturated carbocycles. The molecule has 1 heterocycles. The lowest BCUT2D eigenvalue weighted by atomic mass is 10.1. The van der Waals surface area contributed by atoms with Gasteiger partial charge in [-0.05, 0) is 28.8 Å². The summed E-state index contributed by atoms with van der Waals surface area (Å²) >= 11 is 1.34. The summed E-state index contributed by atoms with van der Waals surface area (Å²) in [6.07, 6.45) is 1.70. The molecule has 0 aliphatic rings. The van der Waals surface area contributed by atoms with Crippen LogP contribution in [0, 0.1) is 0 Å². The first-order valence-corrected chi connectivity index (χ1v) is 9.13. The Morgan fingerprint density at radius 3 is 2.37 bits per heavy atom. The molecule has 3 rings (SSSR count). The van der Waals surface area contributed by atoms with E-state index in [9.17, 15) is 9.59 Å². The van der Waals surface area contributed by atoms with Gasteiger partial charge in [-0.2, -0.15) is 0 Å². The van der Waals surface area contributed by atoms with Crippen LogP contribution in [0.25, 0.3) is 10.4 Å². The van der Waals surface area contributed by atoms with E-state index in [1.807, 2.05) is 24.3 Å². The van der Waals surface area contributed by atoms with Crippen LogP contribution in [0.4, 0.5) is 0 Å². The van der Waals surface area contributed by atoms with Crippen LogP contribution < -0.4 is 11.1 Å². The van der Waals surface area contributed by atoms with Crippen molar-refractivity contribution in [2.75, 3.05) is 7.11 Å². The van der Waals surface area contributed by atoms with E-state index < -0.39 is 0 Å². The summed E-state index contributed by atoms with van der Waals surface area (Å²) in [5.74, 6) is -0.623. The predicted molar refractivity (Wildman–Crippen MR) is 104 cm³/mol. The molecule has 27 heavy (non-hydrogen) atoms. The Kier molecular flexibility index (Phi) is 5.95. The predicted octanol–water partition coefficient (Wildman–Crippen LogP) is 2.99. The molecule has 0 bridgehead atoms. The lowest BCUT2D eigenvalue weighted by molar-refractivity contribution is 0.0600. The Morgan fingerprint density at radius 2 is 1.74 bits per heavy atom. The first kappa shape index (κ1) is 18.8. The molecule has 0 unspecified atom stereocenters. The molecule has 0 aliphatic carbocycles. The number of rotatable bonds is 6. The SMILES string of the molecule is COC(=O)c1ccc(CNC(=O)c2ncc(-c3ccc(CN)cc3)s2)cc1. The van der Waals surface area contributed by atoms with Crippen LogP contribution in [-0.2, 0) is 17.8 Å². The first-order chi connectivity index (χ1) is 13.1. The lowest BCUT2D eigenvalue weighted by Crippen LogP contribution is -2.22. The second-order valence-corrected chi connectivity index (χ2v) is 6.83.